The molecule has 3 heteroatoms. The van der Waals surface area contributed by atoms with Crippen molar-refractivity contribution in [2.45, 2.75) is 6.42 Å². The second-order valence-corrected chi connectivity index (χ2v) is 5.23. The molecule has 19 heavy (non-hydrogen) atoms. The molecule has 3 rings (SSSR count). The number of rotatable bonds is 3. The summed E-state index contributed by atoms with van der Waals surface area (Å²) in [6.45, 7) is 0. The minimum absolute atomic E-state index is 0.800. The molecule has 0 atom stereocenters. The van der Waals surface area contributed by atoms with Gasteiger partial charge >= 0.3 is 0 Å². The average molecular weight is 313 g/mol. The molecule has 1 heterocycles. The summed E-state index contributed by atoms with van der Waals surface area (Å²) in [5, 5.41) is 0. The molecule has 0 fully saturated rings. The second-order valence-electron chi connectivity index (χ2n) is 4.38. The van der Waals surface area contributed by atoms with Crippen LogP contribution in [0.4, 0.5) is 0 Å². The molecule has 0 radical (unpaired) electrons. The standard InChI is InChI=1S/C16H13BrN2/c17-14-9-5-4-8-13(14)10-16-18-11-15(19-16)12-6-2-1-3-7-12/h1-9,11H,10H2,(H,18,19). The first-order chi connectivity index (χ1) is 9.33. The Balaban J connectivity index is 1.85. The fourth-order valence-electron chi connectivity index (χ4n) is 2.04. The minimum Gasteiger partial charge on any atom is -0.342 e. The highest BCUT2D eigenvalue weighted by molar-refractivity contribution is 9.10. The van der Waals surface area contributed by atoms with Gasteiger partial charge in [0, 0.05) is 10.9 Å². The molecule has 0 aliphatic rings. The Morgan fingerprint density at radius 1 is 0.947 bits per heavy atom. The third kappa shape index (κ3) is 2.76. The summed E-state index contributed by atoms with van der Waals surface area (Å²) in [7, 11) is 0. The van der Waals surface area contributed by atoms with Gasteiger partial charge in [-0.2, -0.15) is 0 Å². The number of nitrogens with zero attached hydrogens (tertiary/aromatic N) is 1. The van der Waals surface area contributed by atoms with Crippen LogP contribution in [0.25, 0.3) is 11.3 Å². The lowest BCUT2D eigenvalue weighted by molar-refractivity contribution is 1.02. The lowest BCUT2D eigenvalue weighted by Crippen LogP contribution is -1.91. The monoisotopic (exact) mass is 312 g/mol. The first-order valence-corrected chi connectivity index (χ1v) is 6.95. The van der Waals surface area contributed by atoms with E-state index in [1.165, 1.54) is 5.56 Å². The van der Waals surface area contributed by atoms with E-state index in [0.29, 0.717) is 0 Å². The van der Waals surface area contributed by atoms with Crippen LogP contribution >= 0.6 is 15.9 Å². The first-order valence-electron chi connectivity index (χ1n) is 6.15. The molecular formula is C16H13BrN2. The Morgan fingerprint density at radius 3 is 2.47 bits per heavy atom. The van der Waals surface area contributed by atoms with Crippen molar-refractivity contribution in [2.24, 2.45) is 0 Å². The normalized spacial score (nSPS) is 10.6. The van der Waals surface area contributed by atoms with Crippen LogP contribution in [0.15, 0.2) is 65.3 Å². The van der Waals surface area contributed by atoms with Crippen molar-refractivity contribution in [2.75, 3.05) is 0 Å². The third-order valence-corrected chi connectivity index (χ3v) is 3.80. The van der Waals surface area contributed by atoms with Crippen molar-refractivity contribution in [1.82, 2.24) is 9.97 Å². The predicted octanol–water partition coefficient (Wildman–Crippen LogP) is 4.43. The number of imidazole rings is 1. The van der Waals surface area contributed by atoms with E-state index in [2.05, 4.69) is 50.2 Å². The van der Waals surface area contributed by atoms with Crippen molar-refractivity contribution in [3.05, 3.63) is 76.7 Å². The molecular weight excluding hydrogens is 300 g/mol. The molecule has 0 bridgehead atoms. The zero-order chi connectivity index (χ0) is 13.1. The second kappa shape index (κ2) is 5.41. The molecule has 2 aromatic carbocycles. The molecule has 0 aliphatic heterocycles. The van der Waals surface area contributed by atoms with Gasteiger partial charge in [0.05, 0.1) is 11.9 Å². The number of nitrogens with one attached hydrogen (secondary N) is 1. The smallest absolute Gasteiger partial charge is 0.110 e. The molecule has 0 aliphatic carbocycles. The van der Waals surface area contributed by atoms with Crippen molar-refractivity contribution >= 4 is 15.9 Å². The molecule has 1 aromatic heterocycles. The Labute approximate surface area is 120 Å². The summed E-state index contributed by atoms with van der Waals surface area (Å²) in [4.78, 5) is 7.83. The topological polar surface area (TPSA) is 28.7 Å². The predicted molar refractivity (Wildman–Crippen MR) is 81.0 cm³/mol. The van der Waals surface area contributed by atoms with Crippen LogP contribution < -0.4 is 0 Å². The summed E-state index contributed by atoms with van der Waals surface area (Å²) in [6, 6.07) is 18.5. The number of benzene rings is 2. The first kappa shape index (κ1) is 12.2. The van der Waals surface area contributed by atoms with Crippen molar-refractivity contribution < 1.29 is 0 Å². The zero-order valence-electron chi connectivity index (χ0n) is 10.3. The molecule has 1 N–H and O–H groups in total. The number of hydrogen-bond donors (Lipinski definition) is 1. The van der Waals surface area contributed by atoms with Crippen LogP contribution in [0.2, 0.25) is 0 Å². The van der Waals surface area contributed by atoms with Crippen LogP contribution in [0, 0.1) is 0 Å². The van der Waals surface area contributed by atoms with E-state index in [0.717, 1.165) is 28.0 Å². The van der Waals surface area contributed by atoms with Crippen LogP contribution in [0.5, 0.6) is 0 Å². The van der Waals surface area contributed by atoms with Gasteiger partial charge in [-0.1, -0.05) is 64.5 Å². The number of aromatic nitrogens is 2. The van der Waals surface area contributed by atoms with Crippen molar-refractivity contribution in [3.63, 3.8) is 0 Å². The van der Waals surface area contributed by atoms with Crippen molar-refractivity contribution in [1.29, 1.82) is 0 Å². The summed E-state index contributed by atoms with van der Waals surface area (Å²) in [6.07, 6.45) is 2.69. The molecule has 0 saturated heterocycles. The summed E-state index contributed by atoms with van der Waals surface area (Å²) >= 11 is 3.56. The van der Waals surface area contributed by atoms with E-state index in [9.17, 15) is 0 Å². The van der Waals surface area contributed by atoms with Gasteiger partial charge in [0.15, 0.2) is 0 Å². The molecule has 0 spiro atoms. The maximum absolute atomic E-state index is 4.45. The third-order valence-electron chi connectivity index (χ3n) is 3.03. The van der Waals surface area contributed by atoms with Gasteiger partial charge < -0.3 is 4.98 Å². The number of hydrogen-bond acceptors (Lipinski definition) is 1. The maximum Gasteiger partial charge on any atom is 0.110 e. The van der Waals surface area contributed by atoms with Gasteiger partial charge in [0.1, 0.15) is 5.82 Å². The van der Waals surface area contributed by atoms with Gasteiger partial charge in [0.25, 0.3) is 0 Å². The van der Waals surface area contributed by atoms with E-state index in [4.69, 9.17) is 0 Å². The Bertz CT molecular complexity index is 674. The van der Waals surface area contributed by atoms with Crippen LogP contribution in [-0.4, -0.2) is 9.97 Å². The maximum atomic E-state index is 4.45. The van der Waals surface area contributed by atoms with E-state index in [1.54, 1.807) is 0 Å². The fourth-order valence-corrected chi connectivity index (χ4v) is 2.46. The van der Waals surface area contributed by atoms with Crippen LogP contribution in [0.1, 0.15) is 11.4 Å². The van der Waals surface area contributed by atoms with Gasteiger partial charge in [-0.25, -0.2) is 4.98 Å². The molecule has 0 amide bonds. The fraction of sp³-hybridized carbons (Fsp3) is 0.0625. The SMILES string of the molecule is Brc1ccccc1Cc1ncc(-c2ccccc2)[nH]1. The zero-order valence-corrected chi connectivity index (χ0v) is 11.9. The van der Waals surface area contributed by atoms with Gasteiger partial charge in [-0.15, -0.1) is 0 Å². The highest BCUT2D eigenvalue weighted by atomic mass is 79.9. The van der Waals surface area contributed by atoms with E-state index < -0.39 is 0 Å². The number of H-pyrrole nitrogens is 1. The lowest BCUT2D eigenvalue weighted by atomic mass is 10.1. The summed E-state index contributed by atoms with van der Waals surface area (Å²) in [5.41, 5.74) is 3.45. The largest absolute Gasteiger partial charge is 0.342 e. The van der Waals surface area contributed by atoms with E-state index in [-0.39, 0.29) is 0 Å². The molecule has 2 nitrogen and oxygen atoms in total. The highest BCUT2D eigenvalue weighted by Crippen LogP contribution is 2.21. The van der Waals surface area contributed by atoms with Gasteiger partial charge in [-0.05, 0) is 17.2 Å². The number of aromatic amines is 1. The highest BCUT2D eigenvalue weighted by Gasteiger charge is 2.05. The molecule has 3 aromatic rings. The number of halogens is 1. The van der Waals surface area contributed by atoms with Gasteiger partial charge in [0.2, 0.25) is 0 Å². The lowest BCUT2D eigenvalue weighted by Gasteiger charge is -2.01. The minimum atomic E-state index is 0.800. The van der Waals surface area contributed by atoms with E-state index >= 15 is 0 Å². The Hall–Kier alpha value is -1.87. The van der Waals surface area contributed by atoms with Crippen molar-refractivity contribution in [3.8, 4) is 11.3 Å². The summed E-state index contributed by atoms with van der Waals surface area (Å²) < 4.78 is 1.12. The van der Waals surface area contributed by atoms with E-state index in [1.807, 2.05) is 36.5 Å². The van der Waals surface area contributed by atoms with Crippen LogP contribution in [-0.2, 0) is 6.42 Å². The molecule has 0 unspecified atom stereocenters. The van der Waals surface area contributed by atoms with Gasteiger partial charge in [-0.3, -0.25) is 0 Å². The molecule has 94 valence electrons. The Morgan fingerprint density at radius 2 is 1.68 bits per heavy atom. The van der Waals surface area contributed by atoms with Crippen LogP contribution in [0.3, 0.4) is 0 Å². The Kier molecular flexibility index (Phi) is 3.47. The average Bonchev–Trinajstić information content (AvgIpc) is 2.91. The molecule has 0 saturated carbocycles. The quantitative estimate of drug-likeness (QED) is 0.761. The summed E-state index contributed by atoms with van der Waals surface area (Å²) in [5.74, 6) is 0.978.